The Morgan fingerprint density at radius 3 is 0.342 bits per heavy atom. The Morgan fingerprint density at radius 2 is 0.303 bits per heavy atom. The summed E-state index contributed by atoms with van der Waals surface area (Å²) in [6.45, 7) is 77.1. The highest BCUT2D eigenvalue weighted by atomic mass is 33.1. The van der Waals surface area contributed by atoms with Crippen LogP contribution in [0.15, 0.2) is 175 Å². The van der Waals surface area contributed by atoms with E-state index in [9.17, 15) is 0 Å². The van der Waals surface area contributed by atoms with Gasteiger partial charge in [0.05, 0.1) is 0 Å². The van der Waals surface area contributed by atoms with Gasteiger partial charge in [0.1, 0.15) is 0 Å². The van der Waals surface area contributed by atoms with Crippen molar-refractivity contribution in [1.29, 1.82) is 0 Å². The topological polar surface area (TPSA) is 0 Å². The molecule has 458 valence electrons. The molecule has 0 aliphatic heterocycles. The van der Waals surface area contributed by atoms with E-state index in [1.807, 2.05) is 67.5 Å². The highest BCUT2D eigenvalue weighted by Crippen LogP contribution is 2.19. The number of hydrogen-bond acceptors (Lipinski definition) is 4. The molecule has 0 heterocycles. The molecule has 0 N–H and O–H groups in total. The minimum Gasteiger partial charge on any atom is -0.103 e. The van der Waals surface area contributed by atoms with Crippen molar-refractivity contribution in [2.75, 3.05) is 23.0 Å². The van der Waals surface area contributed by atoms with E-state index >= 15 is 0 Å². The van der Waals surface area contributed by atoms with Crippen LogP contribution in [-0.4, -0.2) is 23.0 Å². The molecule has 76 heavy (non-hydrogen) atoms. The van der Waals surface area contributed by atoms with Crippen LogP contribution in [0, 0.1) is 0 Å². The zero-order valence-corrected chi connectivity index (χ0v) is 59.3. The lowest BCUT2D eigenvalue weighted by Crippen LogP contribution is -1.66. The molecule has 0 atom stereocenters. The van der Waals surface area contributed by atoms with E-state index in [4.69, 9.17) is 0 Å². The summed E-state index contributed by atoms with van der Waals surface area (Å²) in [6.07, 6.45) is 59.6. The molecule has 0 fully saturated rings. The van der Waals surface area contributed by atoms with Gasteiger partial charge < -0.3 is 0 Å². The minimum absolute atomic E-state index is 1.08. The van der Waals surface area contributed by atoms with E-state index in [-0.39, 0.29) is 0 Å². The Bertz CT molecular complexity index is 761. The van der Waals surface area contributed by atoms with Gasteiger partial charge in [-0.25, -0.2) is 0 Å². The molecule has 0 nitrogen and oxygen atoms in total. The van der Waals surface area contributed by atoms with Crippen LogP contribution in [0.25, 0.3) is 0 Å². The van der Waals surface area contributed by atoms with Crippen LogP contribution in [0.4, 0.5) is 0 Å². The van der Waals surface area contributed by atoms with Crippen molar-refractivity contribution in [3.05, 3.63) is 175 Å². The van der Waals surface area contributed by atoms with Gasteiger partial charge in [-0.1, -0.05) is 382 Å². The fraction of sp³-hybridized carbons (Fsp3) is 0.611. The highest BCUT2D eigenvalue weighted by Gasteiger charge is 1.77. The number of allylic oxidation sites excluding steroid dienone is 18. The molecule has 0 rings (SSSR count). The molecular weight excluding hydrogens is 993 g/mol. The largest absolute Gasteiger partial charge is 0.103 e. The second-order valence-corrected chi connectivity index (χ2v) is 20.5. The van der Waals surface area contributed by atoms with Crippen LogP contribution in [0.2, 0.25) is 0 Å². The van der Waals surface area contributed by atoms with Gasteiger partial charge in [0.15, 0.2) is 0 Å². The Hall–Kier alpha value is -2.24. The van der Waals surface area contributed by atoms with Crippen LogP contribution < -0.4 is 0 Å². The molecule has 0 amide bonds. The zero-order chi connectivity index (χ0) is 62.5. The third kappa shape index (κ3) is 434. The summed E-state index contributed by atoms with van der Waals surface area (Å²) >= 11 is 0. The molecule has 0 aliphatic rings. The van der Waals surface area contributed by atoms with Gasteiger partial charge in [-0.05, 0) is 77.0 Å². The van der Waals surface area contributed by atoms with E-state index in [0.717, 1.165) is 25.7 Å². The van der Waals surface area contributed by atoms with Gasteiger partial charge in [-0.3, -0.25) is 0 Å². The minimum atomic E-state index is 1.08. The van der Waals surface area contributed by atoms with Gasteiger partial charge in [-0.15, -0.1) is 26.3 Å². The lowest BCUT2D eigenvalue weighted by molar-refractivity contribution is 0.702. The first-order chi connectivity index (χ1) is 36.7. The van der Waals surface area contributed by atoms with Crippen molar-refractivity contribution < 1.29 is 0 Å². The predicted molar refractivity (Wildman–Crippen MR) is 394 cm³/mol. The molecule has 0 aromatic rings. The maximum Gasteiger partial charge on any atom is 0.000844 e. The van der Waals surface area contributed by atoms with Crippen molar-refractivity contribution in [1.82, 2.24) is 0 Å². The van der Waals surface area contributed by atoms with Crippen LogP contribution in [0.1, 0.15) is 267 Å². The summed E-state index contributed by atoms with van der Waals surface area (Å²) in [6, 6.07) is 0. The molecule has 0 aliphatic carbocycles. The summed E-state index contributed by atoms with van der Waals surface area (Å²) in [5, 5.41) is 0. The molecule has 0 aromatic carbocycles. The van der Waals surface area contributed by atoms with Crippen molar-refractivity contribution in [3.63, 3.8) is 0 Å². The summed E-state index contributed by atoms with van der Waals surface area (Å²) in [5.74, 6) is 4.94. The van der Waals surface area contributed by atoms with E-state index < -0.39 is 0 Å². The maximum absolute atomic E-state index is 3.48. The third-order valence-corrected chi connectivity index (χ3v) is 11.9. The van der Waals surface area contributed by atoms with Crippen molar-refractivity contribution in [2.45, 2.75) is 267 Å². The average molecular weight is 1140 g/mol. The van der Waals surface area contributed by atoms with E-state index in [0.29, 0.717) is 0 Å². The Kier molecular flexibility index (Phi) is 291. The van der Waals surface area contributed by atoms with Gasteiger partial charge in [0.2, 0.25) is 0 Å². The van der Waals surface area contributed by atoms with Gasteiger partial charge >= 0.3 is 0 Å². The summed E-state index contributed by atoms with van der Waals surface area (Å²) < 4.78 is 0. The van der Waals surface area contributed by atoms with Crippen LogP contribution in [0.5, 0.6) is 0 Å². The second kappa shape index (κ2) is 196. The fourth-order valence-electron chi connectivity index (χ4n) is 2.67. The zero-order valence-electron chi connectivity index (χ0n) is 56.1. The van der Waals surface area contributed by atoms with Gasteiger partial charge in [-0.2, -0.15) is 0 Å². The SMILES string of the molecule is C=CC=C.C=CC=C.C=CC=C.C=CCC.C=CCC.C=CCC.C=CCC.CCC=CCC.CCC=CCC.CCC=CCC.CCC=CCC.CCCCCC.CCCCCC.CCSSCC.CCSSCC. The molecule has 0 aromatic heterocycles. The molecular formula is C72H146S4. The number of hydrogen-bond donors (Lipinski definition) is 0. The molecule has 0 radical (unpaired) electrons. The monoisotopic (exact) mass is 1140 g/mol. The lowest BCUT2D eigenvalue weighted by atomic mass is 10.2. The molecule has 0 bridgehead atoms. The maximum atomic E-state index is 3.48. The second-order valence-electron chi connectivity index (χ2n) is 14.4. The summed E-state index contributed by atoms with van der Waals surface area (Å²) in [7, 11) is 7.70. The van der Waals surface area contributed by atoms with Crippen molar-refractivity contribution >= 4 is 43.2 Å². The normalized spacial score (nSPS) is 8.21. The smallest absolute Gasteiger partial charge is 0.000844 e. The summed E-state index contributed by atoms with van der Waals surface area (Å²) in [5.41, 5.74) is 0. The Morgan fingerprint density at radius 1 is 0.197 bits per heavy atom. The Labute approximate surface area is 504 Å². The van der Waals surface area contributed by atoms with E-state index in [2.05, 4.69) is 253 Å². The van der Waals surface area contributed by atoms with Gasteiger partial charge in [0.25, 0.3) is 0 Å². The lowest BCUT2D eigenvalue weighted by Gasteiger charge is -1.86. The molecule has 0 spiro atoms. The molecule has 4 heteroatoms. The third-order valence-electron chi connectivity index (χ3n) is 6.76. The van der Waals surface area contributed by atoms with Gasteiger partial charge in [0, 0.05) is 23.0 Å². The van der Waals surface area contributed by atoms with Crippen molar-refractivity contribution in [2.24, 2.45) is 0 Å². The molecule has 0 saturated heterocycles. The average Bonchev–Trinajstić information content (AvgIpc) is 3.48. The van der Waals surface area contributed by atoms with Crippen molar-refractivity contribution in [3.8, 4) is 0 Å². The quantitative estimate of drug-likeness (QED) is 0.0348. The number of rotatable bonds is 27. The molecule has 0 unspecified atom stereocenters. The van der Waals surface area contributed by atoms with E-state index in [1.54, 1.807) is 36.5 Å². The first kappa shape index (κ1) is 113. The number of unbranched alkanes of at least 4 members (excludes halogenated alkanes) is 6. The van der Waals surface area contributed by atoms with Crippen LogP contribution in [0.3, 0.4) is 0 Å². The Balaban J connectivity index is -0.0000000405. The fourth-order valence-corrected chi connectivity index (χ4v) is 5.33. The standard InChI is InChI=1S/2C6H14.4C6H12.2C4H10S2.4C4H8.3C4H6/c8*1-3-5-6-4-2;7*1-3-4-2/h2*3-6H2,1-2H3;4*5-6H,3-4H2,1-2H3;2*3-4H2,1-2H3;4*3H,1,4H2,2H3;3*3-4H,1-2H2. The predicted octanol–water partition coefficient (Wildman–Crippen LogP) is 29.8. The first-order valence-corrected chi connectivity index (χ1v) is 34.9. The highest BCUT2D eigenvalue weighted by molar-refractivity contribution is 8.77. The molecule has 0 saturated carbocycles. The van der Waals surface area contributed by atoms with Crippen LogP contribution >= 0.6 is 43.2 Å². The summed E-state index contributed by atoms with van der Waals surface area (Å²) in [4.78, 5) is 0. The van der Waals surface area contributed by atoms with E-state index in [1.165, 1.54) is 126 Å². The first-order valence-electron chi connectivity index (χ1n) is 29.9. The van der Waals surface area contributed by atoms with Crippen LogP contribution in [-0.2, 0) is 0 Å².